The van der Waals surface area contributed by atoms with Crippen LogP contribution in [0.2, 0.25) is 0 Å². The molecule has 20 heteroatoms. The van der Waals surface area contributed by atoms with Crippen molar-refractivity contribution >= 4 is 39.0 Å². The molecule has 26 heavy (non-hydrogen) atoms. The Labute approximate surface area is 144 Å². The van der Waals surface area contributed by atoms with Crippen LogP contribution in [0.5, 0.6) is 0 Å². The van der Waals surface area contributed by atoms with Crippen LogP contribution in [0.1, 0.15) is 27.7 Å². The monoisotopic (exact) mass is 495 g/mol. The van der Waals surface area contributed by atoms with E-state index in [9.17, 15) is 33.6 Å². The van der Waals surface area contributed by atoms with Crippen LogP contribution in [0.4, 0.5) is 33.6 Å². The van der Waals surface area contributed by atoms with Gasteiger partial charge in [0, 0.05) is 0 Å². The average Bonchev–Trinajstić information content (AvgIpc) is 2.14. The first-order chi connectivity index (χ1) is 11.4. The molecule has 1 rings (SSSR count). The molecule has 1 aliphatic rings. The van der Waals surface area contributed by atoms with E-state index in [0.717, 1.165) is 27.7 Å². The van der Waals surface area contributed by atoms with E-state index in [1.54, 1.807) is 9.03 Å². The van der Waals surface area contributed by atoms with Gasteiger partial charge in [0.1, 0.15) is 0 Å². The van der Waals surface area contributed by atoms with E-state index < -0.39 is 51.2 Å². The maximum absolute atomic E-state index is 14.7. The average molecular weight is 495 g/mol. The third-order valence-electron chi connectivity index (χ3n) is 1.78. The van der Waals surface area contributed by atoms with Crippen molar-refractivity contribution in [3.8, 4) is 0 Å². The molecule has 0 aliphatic carbocycles. The highest BCUT2D eigenvalue weighted by atomic mass is 31.3. The van der Waals surface area contributed by atoms with Crippen molar-refractivity contribution < 1.29 is 42.6 Å². The Morgan fingerprint density at radius 2 is 0.808 bits per heavy atom. The molecule has 7 nitrogen and oxygen atoms in total. The minimum Gasteiger partial charge on any atom is -0.300 e. The Kier molecular flexibility index (Phi) is 7.64. The number of hydrogen-bond acceptors (Lipinski definition) is 7. The summed E-state index contributed by atoms with van der Waals surface area (Å²) >= 11 is 0. The predicted octanol–water partition coefficient (Wildman–Crippen LogP) is 10.3. The van der Waals surface area contributed by atoms with E-state index in [1.165, 1.54) is 0 Å². The molecule has 0 fully saturated rings. The molecule has 0 N–H and O–H groups in total. The van der Waals surface area contributed by atoms with Gasteiger partial charge in [-0.25, -0.2) is 0 Å². The number of rotatable bonds is 4. The molecular weight excluding hydrogens is 481 g/mol. The van der Waals surface area contributed by atoms with Crippen LogP contribution in [0, 0.1) is 0 Å². The molecule has 0 saturated carbocycles. The Balaban J connectivity index is 4.04. The van der Waals surface area contributed by atoms with E-state index in [-0.39, 0.29) is 0 Å². The molecule has 156 valence electrons. The minimum absolute atomic E-state index is 1.12. The second-order valence-electron chi connectivity index (χ2n) is 5.07. The van der Waals surface area contributed by atoms with Gasteiger partial charge in [-0.05, 0) is 27.7 Å². The Hall–Kier alpha value is 0.510. The summed E-state index contributed by atoms with van der Waals surface area (Å²) in [6.45, 7) is 4.49. The third kappa shape index (κ3) is 8.26. The largest absolute Gasteiger partial charge is 0.425 e. The molecule has 0 bridgehead atoms. The zero-order valence-corrected chi connectivity index (χ0v) is 17.9. The summed E-state index contributed by atoms with van der Waals surface area (Å²) in [7, 11) is -31.2. The smallest absolute Gasteiger partial charge is 0.300 e. The standard InChI is InChI=1S/C6H14F8N5O2P5/c1-5(2)20-25(13)17-23(9,10)15-22(7,8)16-24(11,12)18-26(14,19-25)21-6(3)4/h5-6H,1-4H3. The number of hydrogen-bond donors (Lipinski definition) is 0. The Bertz CT molecular complexity index is 806. The van der Waals surface area contributed by atoms with Crippen LogP contribution in [0.25, 0.3) is 0 Å². The van der Waals surface area contributed by atoms with Crippen molar-refractivity contribution in [3.63, 3.8) is 0 Å². The molecule has 0 aromatic heterocycles. The fourth-order valence-corrected chi connectivity index (χ4v) is 10.7. The van der Waals surface area contributed by atoms with Gasteiger partial charge >= 0.3 is 39.0 Å². The summed E-state index contributed by atoms with van der Waals surface area (Å²) in [5.74, 6) is 0. The first-order valence-electron chi connectivity index (χ1n) is 6.50. The van der Waals surface area contributed by atoms with Crippen LogP contribution in [-0.2, 0) is 9.05 Å². The van der Waals surface area contributed by atoms with Gasteiger partial charge in [-0.3, -0.25) is 0 Å². The highest BCUT2D eigenvalue weighted by molar-refractivity contribution is 7.78. The van der Waals surface area contributed by atoms with Crippen LogP contribution in [0.15, 0.2) is 22.6 Å². The van der Waals surface area contributed by atoms with Gasteiger partial charge in [-0.15, -0.1) is 47.8 Å². The molecule has 0 saturated heterocycles. The van der Waals surface area contributed by atoms with Gasteiger partial charge in [0.25, 0.3) is 0 Å². The van der Waals surface area contributed by atoms with Gasteiger partial charge in [0.15, 0.2) is 0 Å². The molecule has 0 spiro atoms. The fourth-order valence-electron chi connectivity index (χ4n) is 1.37. The molecule has 0 aromatic carbocycles. The van der Waals surface area contributed by atoms with Crippen molar-refractivity contribution in [1.82, 2.24) is 0 Å². The lowest BCUT2D eigenvalue weighted by Crippen LogP contribution is -1.99. The van der Waals surface area contributed by atoms with Gasteiger partial charge < -0.3 is 9.05 Å². The molecule has 0 aromatic rings. The van der Waals surface area contributed by atoms with Crippen molar-refractivity contribution in [2.45, 2.75) is 39.9 Å². The summed E-state index contributed by atoms with van der Waals surface area (Å²) in [4.78, 5) is 0. The Morgan fingerprint density at radius 3 is 1.19 bits per heavy atom. The number of halogens is 8. The second kappa shape index (κ2) is 8.10. The zero-order valence-electron chi connectivity index (χ0n) is 13.5. The number of nitrogens with zero attached hydrogens (tertiary/aromatic N) is 5. The molecule has 2 atom stereocenters. The van der Waals surface area contributed by atoms with Gasteiger partial charge in [-0.2, -0.15) is 8.39 Å². The highest BCUT2D eigenvalue weighted by Gasteiger charge is 2.41. The quantitative estimate of drug-likeness (QED) is 0.287. The lowest BCUT2D eigenvalue weighted by Gasteiger charge is -2.20. The van der Waals surface area contributed by atoms with E-state index in [2.05, 4.69) is 22.6 Å². The normalized spacial score (nSPS) is 33.3. The zero-order chi connectivity index (χ0) is 20.6. The summed E-state index contributed by atoms with van der Waals surface area (Å²) in [6.07, 6.45) is -2.43. The van der Waals surface area contributed by atoms with Crippen LogP contribution < -0.4 is 0 Å². The summed E-state index contributed by atoms with van der Waals surface area (Å²) < 4.78 is 130. The first kappa shape index (κ1) is 24.5. The van der Waals surface area contributed by atoms with Gasteiger partial charge in [0.2, 0.25) is 0 Å². The highest BCUT2D eigenvalue weighted by Crippen LogP contribution is 2.82. The van der Waals surface area contributed by atoms with E-state index in [0.29, 0.717) is 0 Å². The Morgan fingerprint density at radius 1 is 0.500 bits per heavy atom. The summed E-state index contributed by atoms with van der Waals surface area (Å²) in [6, 6.07) is 0. The van der Waals surface area contributed by atoms with Crippen LogP contribution >= 0.6 is 39.0 Å². The first-order valence-corrected chi connectivity index (χ1v) is 13.9. The van der Waals surface area contributed by atoms with Crippen molar-refractivity contribution in [2.75, 3.05) is 0 Å². The van der Waals surface area contributed by atoms with Crippen molar-refractivity contribution in [3.05, 3.63) is 0 Å². The summed E-state index contributed by atoms with van der Waals surface area (Å²) in [5, 5.41) is 0. The molecule has 1 heterocycles. The van der Waals surface area contributed by atoms with Crippen molar-refractivity contribution in [2.24, 2.45) is 22.6 Å². The maximum atomic E-state index is 14.7. The predicted molar refractivity (Wildman–Crippen MR) is 88.0 cm³/mol. The van der Waals surface area contributed by atoms with E-state index in [4.69, 9.17) is 0 Å². The summed E-state index contributed by atoms with van der Waals surface area (Å²) in [5.41, 5.74) is 0. The SMILES string of the molecule is CC(C)OP1(F)=NP(F)(F)=NP(F)(F)=NP(F)(F)=NP(F)(OC(C)C)=N1. The van der Waals surface area contributed by atoms with Crippen molar-refractivity contribution in [1.29, 1.82) is 0 Å². The minimum atomic E-state index is -6.67. The van der Waals surface area contributed by atoms with Crippen LogP contribution in [0.3, 0.4) is 0 Å². The third-order valence-corrected chi connectivity index (χ3v) is 11.9. The van der Waals surface area contributed by atoms with Crippen LogP contribution in [-0.4, -0.2) is 12.2 Å². The molecular formula is C6H14F8N5O2P5. The lowest BCUT2D eigenvalue weighted by atomic mass is 10.5. The lowest BCUT2D eigenvalue weighted by molar-refractivity contribution is 0.242. The molecule has 2 unspecified atom stereocenters. The fraction of sp³-hybridized carbons (Fsp3) is 1.00. The maximum Gasteiger partial charge on any atom is 0.425 e. The molecule has 1 aliphatic heterocycles. The van der Waals surface area contributed by atoms with Gasteiger partial charge in [0.05, 0.1) is 12.2 Å². The molecule has 0 radical (unpaired) electrons. The second-order valence-corrected chi connectivity index (χ2v) is 13.7. The topological polar surface area (TPSA) is 80.3 Å². The van der Waals surface area contributed by atoms with E-state index >= 15 is 0 Å². The van der Waals surface area contributed by atoms with E-state index in [1.807, 2.05) is 0 Å². The molecule has 0 amide bonds. The van der Waals surface area contributed by atoms with Gasteiger partial charge in [-0.1, -0.05) is 0 Å².